The number of tetrazole rings is 1. The average molecular weight is 283 g/mol. The smallest absolute Gasteiger partial charge is 0.218 e. The summed E-state index contributed by atoms with van der Waals surface area (Å²) in [6.07, 6.45) is 0. The molecule has 1 heterocycles. The van der Waals surface area contributed by atoms with Gasteiger partial charge < -0.3 is 5.73 Å². The fourth-order valence-corrected chi connectivity index (χ4v) is 2.73. The van der Waals surface area contributed by atoms with Gasteiger partial charge in [0.05, 0.1) is 5.69 Å². The quantitative estimate of drug-likeness (QED) is 0.748. The van der Waals surface area contributed by atoms with Crippen molar-refractivity contribution in [2.45, 2.75) is 17.0 Å². The molecule has 3 aromatic rings. The van der Waals surface area contributed by atoms with Gasteiger partial charge in [-0.3, -0.25) is 0 Å². The zero-order valence-corrected chi connectivity index (χ0v) is 11.7. The molecule has 0 aliphatic heterocycles. The van der Waals surface area contributed by atoms with E-state index in [0.29, 0.717) is 5.16 Å². The number of benzene rings is 2. The maximum absolute atomic E-state index is 6.09. The Labute approximate surface area is 120 Å². The number of nitrogens with two attached hydrogens (primary N) is 1. The van der Waals surface area contributed by atoms with E-state index in [9.17, 15) is 0 Å². The van der Waals surface area contributed by atoms with Crippen LogP contribution in [0.5, 0.6) is 0 Å². The first kappa shape index (κ1) is 12.7. The molecule has 0 atom stereocenters. The lowest BCUT2D eigenvalue weighted by Crippen LogP contribution is -1.99. The number of hydrogen-bond acceptors (Lipinski definition) is 5. The van der Waals surface area contributed by atoms with Gasteiger partial charge in [0, 0.05) is 10.6 Å². The normalized spacial score (nSPS) is 10.7. The molecule has 0 saturated carbocycles. The fraction of sp³-hybridized carbons (Fsp3) is 0.0714. The number of nitrogen functional groups attached to an aromatic ring is 1. The summed E-state index contributed by atoms with van der Waals surface area (Å²) in [5.74, 6) is 0. The molecule has 1 aromatic heterocycles. The summed E-state index contributed by atoms with van der Waals surface area (Å²) in [6.45, 7) is 1.99. The van der Waals surface area contributed by atoms with Crippen molar-refractivity contribution < 1.29 is 0 Å². The minimum absolute atomic E-state index is 0.688. The van der Waals surface area contributed by atoms with E-state index >= 15 is 0 Å². The van der Waals surface area contributed by atoms with E-state index in [2.05, 4.69) is 15.5 Å². The third-order valence-corrected chi connectivity index (χ3v) is 3.94. The van der Waals surface area contributed by atoms with E-state index < -0.39 is 0 Å². The van der Waals surface area contributed by atoms with E-state index in [1.165, 1.54) is 11.8 Å². The standard InChI is InChI=1S/C14H13N5S/c1-10-6-5-9-12(13(10)15)20-14-16-17-18-19(14)11-7-3-2-4-8-11/h2-9H,15H2,1H3. The lowest BCUT2D eigenvalue weighted by molar-refractivity contribution is 0.756. The Morgan fingerprint density at radius 1 is 1.05 bits per heavy atom. The van der Waals surface area contributed by atoms with Crippen molar-refractivity contribution in [3.63, 3.8) is 0 Å². The number of hydrogen-bond donors (Lipinski definition) is 1. The summed E-state index contributed by atoms with van der Waals surface area (Å²) in [5, 5.41) is 12.5. The molecule has 2 N–H and O–H groups in total. The van der Waals surface area contributed by atoms with E-state index in [1.54, 1.807) is 4.68 Å². The molecule has 0 fully saturated rings. The Morgan fingerprint density at radius 2 is 1.85 bits per heavy atom. The lowest BCUT2D eigenvalue weighted by Gasteiger charge is -2.07. The summed E-state index contributed by atoms with van der Waals surface area (Å²) in [6, 6.07) is 15.7. The summed E-state index contributed by atoms with van der Waals surface area (Å²) in [5.41, 5.74) is 8.83. The molecule has 0 radical (unpaired) electrons. The topological polar surface area (TPSA) is 69.6 Å². The minimum atomic E-state index is 0.688. The van der Waals surface area contributed by atoms with Crippen LogP contribution in [-0.4, -0.2) is 20.2 Å². The highest BCUT2D eigenvalue weighted by molar-refractivity contribution is 7.99. The SMILES string of the molecule is Cc1cccc(Sc2nnnn2-c2ccccc2)c1N. The van der Waals surface area contributed by atoms with Gasteiger partial charge in [0.15, 0.2) is 0 Å². The van der Waals surface area contributed by atoms with Crippen molar-refractivity contribution in [1.29, 1.82) is 0 Å². The van der Waals surface area contributed by atoms with Crippen LogP contribution in [0.4, 0.5) is 5.69 Å². The van der Waals surface area contributed by atoms with Gasteiger partial charge in [0.25, 0.3) is 0 Å². The highest BCUT2D eigenvalue weighted by atomic mass is 32.2. The molecule has 100 valence electrons. The molecule has 0 aliphatic rings. The average Bonchev–Trinajstić information content (AvgIpc) is 2.93. The highest BCUT2D eigenvalue weighted by Gasteiger charge is 2.12. The Morgan fingerprint density at radius 3 is 2.65 bits per heavy atom. The van der Waals surface area contributed by atoms with Crippen molar-refractivity contribution in [1.82, 2.24) is 20.2 Å². The van der Waals surface area contributed by atoms with Gasteiger partial charge in [-0.25, -0.2) is 0 Å². The maximum Gasteiger partial charge on any atom is 0.218 e. The van der Waals surface area contributed by atoms with Gasteiger partial charge in [-0.1, -0.05) is 30.3 Å². The van der Waals surface area contributed by atoms with Crippen LogP contribution in [0.3, 0.4) is 0 Å². The van der Waals surface area contributed by atoms with Crippen molar-refractivity contribution in [3.05, 3.63) is 54.1 Å². The van der Waals surface area contributed by atoms with Crippen LogP contribution in [0.1, 0.15) is 5.56 Å². The van der Waals surface area contributed by atoms with E-state index in [0.717, 1.165) is 21.8 Å². The third kappa shape index (κ3) is 2.37. The highest BCUT2D eigenvalue weighted by Crippen LogP contribution is 2.32. The number of rotatable bonds is 3. The number of aromatic nitrogens is 4. The Kier molecular flexibility index (Phi) is 3.39. The van der Waals surface area contributed by atoms with Crippen molar-refractivity contribution in [2.75, 3.05) is 5.73 Å². The monoisotopic (exact) mass is 283 g/mol. The minimum Gasteiger partial charge on any atom is -0.398 e. The van der Waals surface area contributed by atoms with Gasteiger partial charge in [0.1, 0.15) is 0 Å². The first-order chi connectivity index (χ1) is 9.75. The Bertz CT molecular complexity index is 723. The van der Waals surface area contributed by atoms with Crippen molar-refractivity contribution in [3.8, 4) is 5.69 Å². The summed E-state index contributed by atoms with van der Waals surface area (Å²) in [7, 11) is 0. The van der Waals surface area contributed by atoms with Crippen molar-refractivity contribution in [2.24, 2.45) is 0 Å². The van der Waals surface area contributed by atoms with Crippen LogP contribution >= 0.6 is 11.8 Å². The molecule has 2 aromatic carbocycles. The number of para-hydroxylation sites is 2. The molecule has 0 aliphatic carbocycles. The first-order valence-corrected chi connectivity index (χ1v) is 6.94. The van der Waals surface area contributed by atoms with Gasteiger partial charge in [-0.05, 0) is 52.9 Å². The summed E-state index contributed by atoms with van der Waals surface area (Å²) >= 11 is 1.46. The molecule has 20 heavy (non-hydrogen) atoms. The second kappa shape index (κ2) is 5.34. The van der Waals surface area contributed by atoms with Crippen LogP contribution < -0.4 is 5.73 Å². The predicted molar refractivity (Wildman–Crippen MR) is 78.9 cm³/mol. The summed E-state index contributed by atoms with van der Waals surface area (Å²) < 4.78 is 1.70. The van der Waals surface area contributed by atoms with Gasteiger partial charge in [-0.2, -0.15) is 4.68 Å². The maximum atomic E-state index is 6.09. The molecule has 0 unspecified atom stereocenters. The lowest BCUT2D eigenvalue weighted by atomic mass is 10.2. The largest absolute Gasteiger partial charge is 0.398 e. The Balaban J connectivity index is 1.97. The first-order valence-electron chi connectivity index (χ1n) is 6.12. The molecule has 0 saturated heterocycles. The number of nitrogens with zero attached hydrogens (tertiary/aromatic N) is 4. The molecule has 3 rings (SSSR count). The van der Waals surface area contributed by atoms with Crippen LogP contribution in [0.15, 0.2) is 58.6 Å². The zero-order valence-electron chi connectivity index (χ0n) is 10.9. The molecule has 6 heteroatoms. The molecule has 0 spiro atoms. The van der Waals surface area contributed by atoms with Crippen LogP contribution in [0.25, 0.3) is 5.69 Å². The number of aryl methyl sites for hydroxylation is 1. The van der Waals surface area contributed by atoms with Gasteiger partial charge in [0.2, 0.25) is 5.16 Å². The molecule has 0 amide bonds. The fourth-order valence-electron chi connectivity index (χ4n) is 1.81. The van der Waals surface area contributed by atoms with Crippen LogP contribution in [0.2, 0.25) is 0 Å². The molecular formula is C14H13N5S. The zero-order chi connectivity index (χ0) is 13.9. The molecular weight excluding hydrogens is 270 g/mol. The second-order valence-corrected chi connectivity index (χ2v) is 5.31. The van der Waals surface area contributed by atoms with E-state index in [-0.39, 0.29) is 0 Å². The van der Waals surface area contributed by atoms with Gasteiger partial charge >= 0.3 is 0 Å². The number of anilines is 1. The van der Waals surface area contributed by atoms with Crippen LogP contribution in [0, 0.1) is 6.92 Å². The van der Waals surface area contributed by atoms with E-state index in [4.69, 9.17) is 5.73 Å². The Hall–Kier alpha value is -2.34. The molecule has 0 bridgehead atoms. The third-order valence-electron chi connectivity index (χ3n) is 2.93. The van der Waals surface area contributed by atoms with Crippen LogP contribution in [-0.2, 0) is 0 Å². The van der Waals surface area contributed by atoms with E-state index in [1.807, 2.05) is 55.5 Å². The van der Waals surface area contributed by atoms with Gasteiger partial charge in [-0.15, -0.1) is 5.10 Å². The van der Waals surface area contributed by atoms with Crippen molar-refractivity contribution >= 4 is 17.4 Å². The predicted octanol–water partition coefficient (Wildman–Crippen LogP) is 2.70. The second-order valence-electron chi connectivity index (χ2n) is 4.30. The summed E-state index contributed by atoms with van der Waals surface area (Å²) in [4.78, 5) is 0.956. The molecule has 5 nitrogen and oxygen atoms in total.